The topological polar surface area (TPSA) is 118 Å². The summed E-state index contributed by atoms with van der Waals surface area (Å²) in [6.07, 6.45) is 4.87. The number of hydrogen-bond donors (Lipinski definition) is 3. The highest BCUT2D eigenvalue weighted by Crippen LogP contribution is 2.47. The maximum Gasteiger partial charge on any atom is 0.236 e. The quantitative estimate of drug-likeness (QED) is 0.307. The van der Waals surface area contributed by atoms with Crippen LogP contribution in [0.4, 0.5) is 0 Å². The van der Waals surface area contributed by atoms with Gasteiger partial charge in [0, 0.05) is 36.3 Å². The lowest BCUT2D eigenvalue weighted by molar-refractivity contribution is -0.130. The van der Waals surface area contributed by atoms with E-state index in [1.807, 2.05) is 24.1 Å². The molecule has 1 aliphatic carbocycles. The Bertz CT molecular complexity index is 1460. The Morgan fingerprint density at radius 3 is 2.38 bits per heavy atom. The van der Waals surface area contributed by atoms with E-state index < -0.39 is 11.1 Å². The molecule has 5 N–H and O–H groups in total. The van der Waals surface area contributed by atoms with E-state index in [1.165, 1.54) is 0 Å². The Morgan fingerprint density at radius 1 is 1.05 bits per heavy atom. The van der Waals surface area contributed by atoms with Crippen molar-refractivity contribution in [2.24, 2.45) is 11.5 Å². The number of benzene rings is 2. The summed E-state index contributed by atoms with van der Waals surface area (Å²) in [5, 5.41) is 12.3. The van der Waals surface area contributed by atoms with Crippen molar-refractivity contribution in [3.63, 3.8) is 0 Å². The predicted octanol–water partition coefficient (Wildman–Crippen LogP) is 4.96. The highest BCUT2D eigenvalue weighted by atomic mass is 32.1. The molecular formula is C30H33N5O2S2. The summed E-state index contributed by atoms with van der Waals surface area (Å²) >= 11 is 3.39. The highest BCUT2D eigenvalue weighted by Gasteiger charge is 2.49. The molecule has 1 amide bonds. The fourth-order valence-electron chi connectivity index (χ4n) is 5.96. The maximum atomic E-state index is 11.9. The van der Waals surface area contributed by atoms with E-state index in [1.54, 1.807) is 22.7 Å². The van der Waals surface area contributed by atoms with Gasteiger partial charge in [-0.3, -0.25) is 4.79 Å². The van der Waals surface area contributed by atoms with Crippen molar-refractivity contribution in [2.75, 3.05) is 19.6 Å². The van der Waals surface area contributed by atoms with Crippen LogP contribution < -0.4 is 11.5 Å². The second-order valence-corrected chi connectivity index (χ2v) is 13.1. The Hall–Kier alpha value is -2.95. The summed E-state index contributed by atoms with van der Waals surface area (Å²) in [5.41, 5.74) is 15.1. The maximum absolute atomic E-state index is 11.9. The zero-order valence-corrected chi connectivity index (χ0v) is 23.6. The first-order valence-corrected chi connectivity index (χ1v) is 15.0. The zero-order valence-electron chi connectivity index (χ0n) is 22.0. The van der Waals surface area contributed by atoms with Crippen molar-refractivity contribution in [2.45, 2.75) is 49.7 Å². The number of likely N-dealkylation sites (tertiary alicyclic amines) is 1. The Labute approximate surface area is 236 Å². The second kappa shape index (κ2) is 10.2. The average Bonchev–Trinajstić information content (AvgIpc) is 3.60. The van der Waals surface area contributed by atoms with Gasteiger partial charge in [0.05, 0.1) is 32.6 Å². The van der Waals surface area contributed by atoms with Gasteiger partial charge in [-0.05, 0) is 43.7 Å². The predicted molar refractivity (Wildman–Crippen MR) is 157 cm³/mol. The number of aliphatic hydroxyl groups is 1. The Balaban J connectivity index is 1.28. The molecule has 2 aromatic heterocycles. The number of aromatic nitrogens is 2. The number of thiazole rings is 2. The third kappa shape index (κ3) is 5.17. The molecule has 1 aliphatic heterocycles. The average molecular weight is 560 g/mol. The van der Waals surface area contributed by atoms with Gasteiger partial charge >= 0.3 is 0 Å². The number of rotatable bonds is 6. The van der Waals surface area contributed by atoms with Crippen molar-refractivity contribution < 1.29 is 9.90 Å². The smallest absolute Gasteiger partial charge is 0.236 e. The molecule has 9 heteroatoms. The van der Waals surface area contributed by atoms with E-state index in [9.17, 15) is 9.90 Å². The van der Waals surface area contributed by atoms with Crippen LogP contribution in [0.15, 0.2) is 60.8 Å². The monoisotopic (exact) mass is 559 g/mol. The standard InChI is InChI=1S/C30H33N5O2S2/c1-29(37)17-30(32,18-29)22-9-7-19(8-10-22)25-26(20-5-3-2-4-6-20)39-28(34-25)23-16-33-27(38-23)21-11-13-35(14-12-21)24(36)15-31/h2-10,16,21,37H,11-15,17-18,31-32H2,1H3/t29-,30-. The molecule has 3 heterocycles. The number of hydrogen-bond acceptors (Lipinski definition) is 8. The molecule has 1 saturated heterocycles. The van der Waals surface area contributed by atoms with E-state index in [4.69, 9.17) is 21.4 Å². The van der Waals surface area contributed by atoms with Crippen molar-refractivity contribution in [3.8, 4) is 31.6 Å². The van der Waals surface area contributed by atoms with E-state index in [0.29, 0.717) is 18.8 Å². The van der Waals surface area contributed by atoms with Crippen LogP contribution in [0.1, 0.15) is 49.1 Å². The summed E-state index contributed by atoms with van der Waals surface area (Å²) in [7, 11) is 0. The minimum Gasteiger partial charge on any atom is -0.390 e. The lowest BCUT2D eigenvalue weighted by atomic mass is 9.63. The molecule has 0 atom stereocenters. The molecule has 4 aromatic rings. The molecule has 0 spiro atoms. The SMILES string of the molecule is C[C@]1(O)C[C@@](N)(c2ccc(-c3nc(-c4cnc(C5CCN(C(=O)CN)CC5)s4)sc3-c3ccccc3)cc2)C1. The first-order valence-electron chi connectivity index (χ1n) is 13.4. The minimum absolute atomic E-state index is 0.0197. The van der Waals surface area contributed by atoms with E-state index in [-0.39, 0.29) is 12.5 Å². The van der Waals surface area contributed by atoms with Gasteiger partial charge in [-0.15, -0.1) is 22.7 Å². The molecule has 7 nitrogen and oxygen atoms in total. The molecule has 39 heavy (non-hydrogen) atoms. The number of carbonyl (C=O) groups excluding carboxylic acids is 1. The van der Waals surface area contributed by atoms with Crippen LogP contribution in [0.25, 0.3) is 31.6 Å². The molecule has 0 bridgehead atoms. The lowest BCUT2D eigenvalue weighted by Crippen LogP contribution is -2.58. The fraction of sp³-hybridized carbons (Fsp3) is 0.367. The van der Waals surface area contributed by atoms with Crippen LogP contribution in [0, 0.1) is 0 Å². The number of nitrogens with zero attached hydrogens (tertiary/aromatic N) is 3. The first kappa shape index (κ1) is 26.3. The van der Waals surface area contributed by atoms with Gasteiger partial charge in [-0.1, -0.05) is 54.6 Å². The first-order chi connectivity index (χ1) is 18.7. The van der Waals surface area contributed by atoms with Gasteiger partial charge in [0.2, 0.25) is 5.91 Å². The van der Waals surface area contributed by atoms with Crippen LogP contribution >= 0.6 is 22.7 Å². The molecular weight excluding hydrogens is 526 g/mol. The summed E-state index contributed by atoms with van der Waals surface area (Å²) in [4.78, 5) is 25.9. The number of amides is 1. The molecule has 2 fully saturated rings. The van der Waals surface area contributed by atoms with Gasteiger partial charge in [-0.2, -0.15) is 0 Å². The molecule has 0 unspecified atom stereocenters. The Morgan fingerprint density at radius 2 is 1.74 bits per heavy atom. The van der Waals surface area contributed by atoms with E-state index in [0.717, 1.165) is 68.1 Å². The molecule has 2 aliphatic rings. The third-order valence-electron chi connectivity index (χ3n) is 7.89. The highest BCUT2D eigenvalue weighted by molar-refractivity contribution is 7.23. The van der Waals surface area contributed by atoms with Crippen molar-refractivity contribution in [3.05, 3.63) is 71.4 Å². The zero-order chi connectivity index (χ0) is 27.2. The van der Waals surface area contributed by atoms with E-state index >= 15 is 0 Å². The van der Waals surface area contributed by atoms with Gasteiger partial charge in [0.15, 0.2) is 0 Å². The molecule has 1 saturated carbocycles. The van der Waals surface area contributed by atoms with Crippen LogP contribution in [0.2, 0.25) is 0 Å². The van der Waals surface area contributed by atoms with Crippen LogP contribution in [0.3, 0.4) is 0 Å². The lowest BCUT2D eigenvalue weighted by Gasteiger charge is -2.49. The molecule has 0 radical (unpaired) electrons. The number of nitrogens with two attached hydrogens (primary N) is 2. The van der Waals surface area contributed by atoms with Gasteiger partial charge < -0.3 is 21.5 Å². The number of piperidine rings is 1. The summed E-state index contributed by atoms with van der Waals surface area (Å²) in [5.74, 6) is 0.369. The summed E-state index contributed by atoms with van der Waals surface area (Å²) < 4.78 is 0. The van der Waals surface area contributed by atoms with Crippen molar-refractivity contribution in [1.29, 1.82) is 0 Å². The minimum atomic E-state index is -0.690. The van der Waals surface area contributed by atoms with Crippen LogP contribution in [-0.2, 0) is 10.3 Å². The summed E-state index contributed by atoms with van der Waals surface area (Å²) in [6.45, 7) is 3.37. The molecule has 6 rings (SSSR count). The second-order valence-electron chi connectivity index (χ2n) is 11.1. The van der Waals surface area contributed by atoms with Gasteiger partial charge in [0.1, 0.15) is 5.01 Å². The van der Waals surface area contributed by atoms with E-state index in [2.05, 4.69) is 48.5 Å². The van der Waals surface area contributed by atoms with Crippen molar-refractivity contribution >= 4 is 28.6 Å². The molecule has 202 valence electrons. The van der Waals surface area contributed by atoms with Gasteiger partial charge in [0.25, 0.3) is 0 Å². The van der Waals surface area contributed by atoms with Crippen molar-refractivity contribution in [1.82, 2.24) is 14.9 Å². The van der Waals surface area contributed by atoms with Crippen LogP contribution in [0.5, 0.6) is 0 Å². The number of carbonyl (C=O) groups is 1. The normalized spacial score (nSPS) is 23.5. The Kier molecular flexibility index (Phi) is 6.89. The van der Waals surface area contributed by atoms with Crippen LogP contribution in [-0.4, -0.2) is 51.1 Å². The largest absolute Gasteiger partial charge is 0.390 e. The van der Waals surface area contributed by atoms with Gasteiger partial charge in [-0.25, -0.2) is 9.97 Å². The molecule has 2 aromatic carbocycles. The summed E-state index contributed by atoms with van der Waals surface area (Å²) in [6, 6.07) is 18.7. The third-order valence-corrected chi connectivity index (χ3v) is 10.3. The fourth-order valence-corrected chi connectivity index (χ4v) is 8.18.